The van der Waals surface area contributed by atoms with Gasteiger partial charge < -0.3 is 10.5 Å². The summed E-state index contributed by atoms with van der Waals surface area (Å²) in [6.45, 7) is 0. The Kier molecular flexibility index (Phi) is 3.29. The van der Waals surface area contributed by atoms with Crippen molar-refractivity contribution in [3.05, 3.63) is 11.6 Å². The zero-order valence-electron chi connectivity index (χ0n) is 8.15. The van der Waals surface area contributed by atoms with E-state index in [0.717, 1.165) is 13.2 Å². The van der Waals surface area contributed by atoms with E-state index in [0.29, 0.717) is 0 Å². The summed E-state index contributed by atoms with van der Waals surface area (Å²) in [5.41, 5.74) is 4.22. The van der Waals surface area contributed by atoms with Gasteiger partial charge in [-0.3, -0.25) is 0 Å². The number of aromatic nitrogens is 1. The fraction of sp³-hybridized carbons (Fsp3) is 0.286. The maximum Gasteiger partial charge on any atom is 0.269 e. The van der Waals surface area contributed by atoms with Gasteiger partial charge in [0.25, 0.3) is 16.4 Å². The molecule has 0 aliphatic carbocycles. The molecule has 4 N–H and O–H groups in total. The molecule has 0 aliphatic rings. The van der Waals surface area contributed by atoms with E-state index in [1.807, 2.05) is 0 Å². The molecule has 0 saturated carbocycles. The third-order valence-corrected chi connectivity index (χ3v) is 2.57. The number of ether oxygens (including phenoxy) is 1. The summed E-state index contributed by atoms with van der Waals surface area (Å²) in [6.07, 6.45) is -2.88. The number of hydrogen-bond donors (Lipinski definition) is 2. The maximum atomic E-state index is 12.5. The Morgan fingerprint density at radius 2 is 2.06 bits per heavy atom. The van der Waals surface area contributed by atoms with Crippen LogP contribution in [0.2, 0.25) is 0 Å². The van der Waals surface area contributed by atoms with Crippen molar-refractivity contribution in [3.63, 3.8) is 0 Å². The van der Waals surface area contributed by atoms with E-state index in [-0.39, 0.29) is 0 Å². The van der Waals surface area contributed by atoms with Crippen LogP contribution in [0.5, 0.6) is 5.88 Å². The lowest BCUT2D eigenvalue weighted by Crippen LogP contribution is -2.17. The van der Waals surface area contributed by atoms with Crippen molar-refractivity contribution in [3.8, 4) is 5.88 Å². The quantitative estimate of drug-likeness (QED) is 0.803. The number of pyridine rings is 1. The van der Waals surface area contributed by atoms with E-state index in [9.17, 15) is 17.2 Å². The highest BCUT2D eigenvalue weighted by atomic mass is 32.2. The highest BCUT2D eigenvalue weighted by molar-refractivity contribution is 7.89. The van der Waals surface area contributed by atoms with Crippen molar-refractivity contribution >= 4 is 15.7 Å². The smallest absolute Gasteiger partial charge is 0.269 e. The summed E-state index contributed by atoms with van der Waals surface area (Å²) in [6, 6.07) is 0.774. The monoisotopic (exact) mass is 253 g/mol. The first-order chi connectivity index (χ1) is 7.27. The van der Waals surface area contributed by atoms with Gasteiger partial charge in [-0.15, -0.1) is 0 Å². The van der Waals surface area contributed by atoms with Crippen LogP contribution in [0.15, 0.2) is 11.1 Å². The van der Waals surface area contributed by atoms with Gasteiger partial charge in [-0.2, -0.15) is 4.98 Å². The Morgan fingerprint density at radius 1 is 1.50 bits per heavy atom. The second-order valence-corrected chi connectivity index (χ2v) is 4.30. The first-order valence-electron chi connectivity index (χ1n) is 3.92. The maximum absolute atomic E-state index is 12.5. The average Bonchev–Trinajstić information content (AvgIpc) is 2.15. The fourth-order valence-electron chi connectivity index (χ4n) is 1.06. The summed E-state index contributed by atoms with van der Waals surface area (Å²) >= 11 is 0. The predicted molar refractivity (Wildman–Crippen MR) is 51.5 cm³/mol. The molecular weight excluding hydrogens is 244 g/mol. The number of rotatable bonds is 3. The molecule has 1 aromatic rings. The fourth-order valence-corrected chi connectivity index (χ4v) is 1.66. The van der Waals surface area contributed by atoms with Crippen LogP contribution in [0.4, 0.5) is 14.5 Å². The Balaban J connectivity index is 3.50. The van der Waals surface area contributed by atoms with Crippen molar-refractivity contribution < 1.29 is 21.9 Å². The van der Waals surface area contributed by atoms with Crippen LogP contribution in [0.3, 0.4) is 0 Å². The minimum Gasteiger partial charge on any atom is -0.481 e. The van der Waals surface area contributed by atoms with Crippen LogP contribution in [0.25, 0.3) is 0 Å². The summed E-state index contributed by atoms with van der Waals surface area (Å²) in [7, 11) is -3.09. The Bertz CT molecular complexity index is 504. The first kappa shape index (κ1) is 12.6. The zero-order valence-corrected chi connectivity index (χ0v) is 8.96. The molecule has 0 fully saturated rings. The van der Waals surface area contributed by atoms with E-state index < -0.39 is 38.6 Å². The topological polar surface area (TPSA) is 108 Å². The lowest BCUT2D eigenvalue weighted by molar-refractivity contribution is 0.146. The lowest BCUT2D eigenvalue weighted by Gasteiger charge is -2.10. The molecule has 0 spiro atoms. The molecule has 0 atom stereocenters. The molecule has 1 aromatic heterocycles. The van der Waals surface area contributed by atoms with Crippen LogP contribution < -0.4 is 15.6 Å². The lowest BCUT2D eigenvalue weighted by atomic mass is 10.2. The molecule has 0 aromatic carbocycles. The van der Waals surface area contributed by atoms with E-state index >= 15 is 0 Å². The van der Waals surface area contributed by atoms with Crippen LogP contribution in [0.1, 0.15) is 12.0 Å². The molecule has 6 nitrogen and oxygen atoms in total. The van der Waals surface area contributed by atoms with Crippen molar-refractivity contribution in [2.75, 3.05) is 12.8 Å². The largest absolute Gasteiger partial charge is 0.481 e. The van der Waals surface area contributed by atoms with Crippen molar-refractivity contribution in [2.24, 2.45) is 5.14 Å². The highest BCUT2D eigenvalue weighted by Gasteiger charge is 2.22. The summed E-state index contributed by atoms with van der Waals surface area (Å²) in [5.74, 6) is -0.520. The summed E-state index contributed by atoms with van der Waals surface area (Å²) in [5, 5.41) is 4.11. The van der Waals surface area contributed by atoms with Gasteiger partial charge in [0.15, 0.2) is 5.03 Å². The third-order valence-electron chi connectivity index (χ3n) is 1.71. The third kappa shape index (κ3) is 2.36. The van der Waals surface area contributed by atoms with Crippen LogP contribution in [0, 0.1) is 0 Å². The molecule has 0 unspecified atom stereocenters. The van der Waals surface area contributed by atoms with E-state index in [2.05, 4.69) is 9.72 Å². The van der Waals surface area contributed by atoms with Crippen molar-refractivity contribution in [1.82, 2.24) is 4.98 Å². The van der Waals surface area contributed by atoms with E-state index in [4.69, 9.17) is 10.9 Å². The zero-order chi connectivity index (χ0) is 12.5. The molecule has 0 bridgehead atoms. The predicted octanol–water partition coefficient (Wildman–Crippen LogP) is 0.257. The number of methoxy groups -OCH3 is 1. The highest BCUT2D eigenvalue weighted by Crippen LogP contribution is 2.31. The van der Waals surface area contributed by atoms with Gasteiger partial charge in [0, 0.05) is 0 Å². The molecule has 90 valence electrons. The molecule has 0 saturated heterocycles. The molecule has 16 heavy (non-hydrogen) atoms. The number of nitrogen functional groups attached to an aromatic ring is 1. The number of sulfonamides is 1. The molecule has 0 radical (unpaired) electrons. The Labute approximate surface area is 90.3 Å². The summed E-state index contributed by atoms with van der Waals surface area (Å²) in [4.78, 5) is 3.34. The van der Waals surface area contributed by atoms with Crippen LogP contribution in [-0.4, -0.2) is 20.5 Å². The van der Waals surface area contributed by atoms with Gasteiger partial charge in [-0.05, 0) is 6.07 Å². The van der Waals surface area contributed by atoms with Crippen LogP contribution in [-0.2, 0) is 10.0 Å². The number of hydrogen-bond acceptors (Lipinski definition) is 5. The van der Waals surface area contributed by atoms with Crippen molar-refractivity contribution in [1.29, 1.82) is 0 Å². The second-order valence-electron chi connectivity index (χ2n) is 2.83. The van der Waals surface area contributed by atoms with E-state index in [1.54, 1.807) is 0 Å². The Hall–Kier alpha value is -1.48. The van der Waals surface area contributed by atoms with E-state index in [1.165, 1.54) is 0 Å². The molecule has 0 amide bonds. The minimum absolute atomic E-state index is 0.446. The normalized spacial score (nSPS) is 11.8. The SMILES string of the molecule is COc1nc(S(N)(=O)=O)c(N)cc1C(F)F. The van der Waals surface area contributed by atoms with Crippen molar-refractivity contribution in [2.45, 2.75) is 11.5 Å². The Morgan fingerprint density at radius 3 is 2.44 bits per heavy atom. The van der Waals surface area contributed by atoms with Gasteiger partial charge in [-0.1, -0.05) is 0 Å². The number of anilines is 1. The number of halogens is 2. The number of nitrogens with zero attached hydrogens (tertiary/aromatic N) is 1. The van der Waals surface area contributed by atoms with Crippen LogP contribution >= 0.6 is 0 Å². The number of primary sulfonamides is 1. The molecular formula is C7H9F2N3O3S. The molecule has 1 heterocycles. The van der Waals surface area contributed by atoms with Gasteiger partial charge >= 0.3 is 0 Å². The van der Waals surface area contributed by atoms with Gasteiger partial charge in [0.1, 0.15) is 0 Å². The molecule has 9 heteroatoms. The average molecular weight is 253 g/mol. The second kappa shape index (κ2) is 4.18. The minimum atomic E-state index is -4.17. The standard InChI is InChI=1S/C7H9F2N3O3S/c1-15-6-3(5(8)9)2-4(10)7(12-6)16(11,13)14/h2,5H,10H2,1H3,(H2,11,13,14). The molecule has 1 rings (SSSR count). The van der Waals surface area contributed by atoms with Gasteiger partial charge in [-0.25, -0.2) is 22.3 Å². The first-order valence-corrected chi connectivity index (χ1v) is 5.47. The van der Waals surface area contributed by atoms with Gasteiger partial charge in [0.05, 0.1) is 18.4 Å². The molecule has 0 aliphatic heterocycles. The summed E-state index contributed by atoms with van der Waals surface area (Å²) < 4.78 is 51.5. The number of nitrogens with two attached hydrogens (primary N) is 2. The number of alkyl halides is 2. The van der Waals surface area contributed by atoms with Gasteiger partial charge in [0.2, 0.25) is 5.88 Å².